The van der Waals surface area contributed by atoms with Gasteiger partial charge in [-0.25, -0.2) is 13.8 Å². The van der Waals surface area contributed by atoms with E-state index in [-0.39, 0.29) is 18.2 Å². The highest BCUT2D eigenvalue weighted by Gasteiger charge is 2.09. The van der Waals surface area contributed by atoms with Crippen molar-refractivity contribution in [2.24, 2.45) is 0 Å². The van der Waals surface area contributed by atoms with Crippen molar-refractivity contribution in [3.05, 3.63) is 53.9 Å². The number of fused-ring (bicyclic) bond motifs is 1. The van der Waals surface area contributed by atoms with Crippen LogP contribution in [0.1, 0.15) is 5.89 Å². The number of benzene rings is 2. The number of hydrogen-bond acceptors (Lipinski definition) is 4. The highest BCUT2D eigenvalue weighted by Crippen LogP contribution is 2.22. The van der Waals surface area contributed by atoms with Gasteiger partial charge in [0.15, 0.2) is 23.8 Å². The van der Waals surface area contributed by atoms with Crippen molar-refractivity contribution in [1.29, 1.82) is 0 Å². The molecule has 0 atom stereocenters. The Kier molecular flexibility index (Phi) is 2.98. The maximum Gasteiger partial charge on any atom is 0.233 e. The Hall–Kier alpha value is -2.63. The molecule has 0 amide bonds. The summed E-state index contributed by atoms with van der Waals surface area (Å²) < 4.78 is 36.9. The minimum atomic E-state index is -0.647. The van der Waals surface area contributed by atoms with Crippen molar-refractivity contribution in [3.8, 4) is 5.75 Å². The summed E-state index contributed by atoms with van der Waals surface area (Å²) in [5.41, 5.74) is 7.32. The van der Waals surface area contributed by atoms with E-state index in [1.807, 2.05) is 0 Å². The Labute approximate surface area is 112 Å². The molecule has 0 fully saturated rings. The molecular weight excluding hydrogens is 266 g/mol. The van der Waals surface area contributed by atoms with Gasteiger partial charge in [0.25, 0.3) is 0 Å². The first-order chi connectivity index (χ1) is 9.61. The van der Waals surface area contributed by atoms with E-state index in [2.05, 4.69) is 4.98 Å². The minimum Gasteiger partial charge on any atom is -0.481 e. The molecule has 0 radical (unpaired) electrons. The van der Waals surface area contributed by atoms with Gasteiger partial charge in [-0.3, -0.25) is 0 Å². The molecule has 2 N–H and O–H groups in total. The summed E-state index contributed by atoms with van der Waals surface area (Å²) in [6.07, 6.45) is 0. The van der Waals surface area contributed by atoms with E-state index >= 15 is 0 Å². The SMILES string of the molecule is Nc1ccc2nc(COc3cc(F)ccc3F)oc2c1. The zero-order valence-corrected chi connectivity index (χ0v) is 10.3. The summed E-state index contributed by atoms with van der Waals surface area (Å²) >= 11 is 0. The minimum absolute atomic E-state index is 0.102. The quantitative estimate of drug-likeness (QED) is 0.746. The number of ether oxygens (including phenoxy) is 1. The van der Waals surface area contributed by atoms with E-state index in [1.54, 1.807) is 18.2 Å². The molecule has 2 aromatic carbocycles. The molecule has 4 nitrogen and oxygen atoms in total. The Balaban J connectivity index is 1.81. The fraction of sp³-hybridized carbons (Fsp3) is 0.0714. The van der Waals surface area contributed by atoms with Crippen molar-refractivity contribution in [1.82, 2.24) is 4.98 Å². The van der Waals surface area contributed by atoms with Crippen LogP contribution in [0, 0.1) is 11.6 Å². The van der Waals surface area contributed by atoms with E-state index in [9.17, 15) is 8.78 Å². The Morgan fingerprint density at radius 3 is 2.85 bits per heavy atom. The normalized spacial score (nSPS) is 10.9. The lowest BCUT2D eigenvalue weighted by molar-refractivity contribution is 0.254. The number of nitrogens with two attached hydrogens (primary N) is 1. The van der Waals surface area contributed by atoms with Gasteiger partial charge in [0, 0.05) is 17.8 Å². The molecule has 1 heterocycles. The second-order valence-electron chi connectivity index (χ2n) is 4.20. The lowest BCUT2D eigenvalue weighted by Gasteiger charge is -2.04. The van der Waals surface area contributed by atoms with Crippen LogP contribution in [0.5, 0.6) is 5.75 Å². The van der Waals surface area contributed by atoms with Crippen LogP contribution in [-0.2, 0) is 6.61 Å². The molecule has 102 valence electrons. The number of nitrogen functional groups attached to an aromatic ring is 1. The molecule has 3 aromatic rings. The van der Waals surface area contributed by atoms with Crippen LogP contribution >= 0.6 is 0 Å². The molecule has 0 aliphatic carbocycles. The molecule has 0 saturated heterocycles. The first kappa shape index (κ1) is 12.4. The molecule has 6 heteroatoms. The van der Waals surface area contributed by atoms with Gasteiger partial charge >= 0.3 is 0 Å². The summed E-state index contributed by atoms with van der Waals surface area (Å²) in [6, 6.07) is 8.02. The third-order valence-corrected chi connectivity index (χ3v) is 2.70. The van der Waals surface area contributed by atoms with E-state index in [1.165, 1.54) is 0 Å². The third kappa shape index (κ3) is 2.40. The van der Waals surface area contributed by atoms with Gasteiger partial charge in [0.1, 0.15) is 11.3 Å². The second kappa shape index (κ2) is 4.80. The molecule has 0 aliphatic rings. The molecule has 0 saturated carbocycles. The van der Waals surface area contributed by atoms with Gasteiger partial charge in [0.2, 0.25) is 5.89 Å². The van der Waals surface area contributed by atoms with Crippen molar-refractivity contribution < 1.29 is 17.9 Å². The van der Waals surface area contributed by atoms with Crippen LogP contribution in [0.25, 0.3) is 11.1 Å². The molecule has 0 unspecified atom stereocenters. The average Bonchev–Trinajstić information content (AvgIpc) is 2.81. The van der Waals surface area contributed by atoms with Crippen molar-refractivity contribution >= 4 is 16.8 Å². The number of anilines is 1. The number of hydrogen-bond donors (Lipinski definition) is 1. The summed E-state index contributed by atoms with van der Waals surface area (Å²) in [5.74, 6) is -1.15. The van der Waals surface area contributed by atoms with Crippen molar-refractivity contribution in [2.75, 3.05) is 5.73 Å². The van der Waals surface area contributed by atoms with Gasteiger partial charge < -0.3 is 14.9 Å². The smallest absolute Gasteiger partial charge is 0.233 e. The lowest BCUT2D eigenvalue weighted by atomic mass is 10.3. The summed E-state index contributed by atoms with van der Waals surface area (Å²) in [7, 11) is 0. The molecule has 1 aromatic heterocycles. The Morgan fingerprint density at radius 1 is 1.15 bits per heavy atom. The fourth-order valence-electron chi connectivity index (χ4n) is 1.78. The van der Waals surface area contributed by atoms with Crippen LogP contribution in [0.15, 0.2) is 40.8 Å². The Morgan fingerprint density at radius 2 is 2.00 bits per heavy atom. The molecule has 0 aliphatic heterocycles. The van der Waals surface area contributed by atoms with E-state index < -0.39 is 11.6 Å². The topological polar surface area (TPSA) is 61.3 Å². The van der Waals surface area contributed by atoms with E-state index in [0.29, 0.717) is 16.8 Å². The third-order valence-electron chi connectivity index (χ3n) is 2.70. The number of halogens is 2. The van der Waals surface area contributed by atoms with E-state index in [0.717, 1.165) is 18.2 Å². The molecule has 20 heavy (non-hydrogen) atoms. The first-order valence-corrected chi connectivity index (χ1v) is 5.84. The second-order valence-corrected chi connectivity index (χ2v) is 4.20. The number of oxazole rings is 1. The predicted molar refractivity (Wildman–Crippen MR) is 69.1 cm³/mol. The van der Waals surface area contributed by atoms with Crippen LogP contribution in [0.2, 0.25) is 0 Å². The molecular formula is C14H10F2N2O2. The van der Waals surface area contributed by atoms with Crippen LogP contribution in [0.4, 0.5) is 14.5 Å². The Bertz CT molecular complexity index is 771. The number of rotatable bonds is 3. The van der Waals surface area contributed by atoms with Crippen LogP contribution in [0.3, 0.4) is 0 Å². The predicted octanol–water partition coefficient (Wildman–Crippen LogP) is 3.27. The van der Waals surface area contributed by atoms with Crippen molar-refractivity contribution in [2.45, 2.75) is 6.61 Å². The average molecular weight is 276 g/mol. The molecule has 0 spiro atoms. The number of nitrogens with zero attached hydrogens (tertiary/aromatic N) is 1. The monoisotopic (exact) mass is 276 g/mol. The van der Waals surface area contributed by atoms with Gasteiger partial charge in [-0.05, 0) is 24.3 Å². The zero-order valence-electron chi connectivity index (χ0n) is 10.3. The maximum absolute atomic E-state index is 13.4. The van der Waals surface area contributed by atoms with Gasteiger partial charge in [0.05, 0.1) is 0 Å². The fourth-order valence-corrected chi connectivity index (χ4v) is 1.78. The summed E-state index contributed by atoms with van der Waals surface area (Å²) in [5, 5.41) is 0. The lowest BCUT2D eigenvalue weighted by Crippen LogP contribution is -1.98. The largest absolute Gasteiger partial charge is 0.481 e. The van der Waals surface area contributed by atoms with Crippen LogP contribution in [-0.4, -0.2) is 4.98 Å². The highest BCUT2D eigenvalue weighted by atomic mass is 19.1. The number of aromatic nitrogens is 1. The van der Waals surface area contributed by atoms with Gasteiger partial charge in [-0.2, -0.15) is 0 Å². The molecule has 0 bridgehead atoms. The van der Waals surface area contributed by atoms with Crippen LogP contribution < -0.4 is 10.5 Å². The summed E-state index contributed by atoms with van der Waals surface area (Å²) in [6.45, 7) is -0.102. The van der Waals surface area contributed by atoms with Gasteiger partial charge in [-0.15, -0.1) is 0 Å². The molecule has 3 rings (SSSR count). The zero-order chi connectivity index (χ0) is 14.1. The highest BCUT2D eigenvalue weighted by molar-refractivity contribution is 5.76. The van der Waals surface area contributed by atoms with E-state index in [4.69, 9.17) is 14.9 Å². The first-order valence-electron chi connectivity index (χ1n) is 5.84. The van der Waals surface area contributed by atoms with Crippen molar-refractivity contribution in [3.63, 3.8) is 0 Å². The maximum atomic E-state index is 13.4. The standard InChI is InChI=1S/C14H10F2N2O2/c15-8-1-3-10(16)12(5-8)19-7-14-18-11-4-2-9(17)6-13(11)20-14/h1-6H,7,17H2. The summed E-state index contributed by atoms with van der Waals surface area (Å²) in [4.78, 5) is 4.16. The van der Waals surface area contributed by atoms with Gasteiger partial charge in [-0.1, -0.05) is 0 Å².